The molecule has 0 spiro atoms. The molecule has 1 saturated heterocycles. The summed E-state index contributed by atoms with van der Waals surface area (Å²) >= 11 is 6.74. The molecule has 8 heterocycles. The maximum Gasteiger partial charge on any atom is 0.291 e. The van der Waals surface area contributed by atoms with Crippen LogP contribution in [0.2, 0.25) is 5.02 Å². The zero-order valence-corrected chi connectivity index (χ0v) is 83.1. The van der Waals surface area contributed by atoms with Gasteiger partial charge in [-0.1, -0.05) is 28.9 Å². The third-order valence-electron chi connectivity index (χ3n) is 21.8. The molecule has 46 nitrogen and oxygen atoms in total. The van der Waals surface area contributed by atoms with E-state index in [1.54, 1.807) is 52.2 Å². The molecule has 0 radical (unpaired) electrons. The van der Waals surface area contributed by atoms with Crippen LogP contribution < -0.4 is 47.3 Å². The average Bonchev–Trinajstić information content (AvgIpc) is 1.62. The van der Waals surface area contributed by atoms with Gasteiger partial charge in [0, 0.05) is 156 Å². The highest BCUT2D eigenvalue weighted by atomic mass is 35.5. The molecule has 7 aromatic heterocycles. The number of hydrogen-bond acceptors (Lipinski definition) is 32. The topological polar surface area (TPSA) is 500 Å². The minimum atomic E-state index is -0.640. The van der Waals surface area contributed by atoms with Crippen LogP contribution >= 0.6 is 11.6 Å². The molecule has 10 rings (SSSR count). The Bertz CT molecular complexity index is 5320. The van der Waals surface area contributed by atoms with E-state index in [0.717, 1.165) is 90.7 Å². The molecule has 8 amide bonds. The van der Waals surface area contributed by atoms with Crippen molar-refractivity contribution < 1.29 is 123 Å². The van der Waals surface area contributed by atoms with Gasteiger partial charge in [0.1, 0.15) is 35.3 Å². The Labute approximate surface area is 829 Å². The number of carbonyl (C=O) groups is 8. The molecule has 8 N–H and O–H groups in total. The second kappa shape index (κ2) is 63.5. The average molecular weight is 2010 g/mol. The number of rotatable bonds is 74. The van der Waals surface area contributed by atoms with Crippen molar-refractivity contribution in [1.29, 1.82) is 0 Å². The molecule has 0 bridgehead atoms. The molecule has 780 valence electrons. The van der Waals surface area contributed by atoms with E-state index >= 15 is 0 Å². The molecule has 0 aliphatic carbocycles. The molecule has 1 aliphatic rings. The highest BCUT2D eigenvalue weighted by molar-refractivity contribution is 6.32. The molecule has 0 saturated carbocycles. The maximum atomic E-state index is 13.3. The van der Waals surface area contributed by atoms with Crippen molar-refractivity contribution in [2.75, 3.05) is 279 Å². The Kier molecular flexibility index (Phi) is 50.3. The number of morpholine rings is 1. The van der Waals surface area contributed by atoms with E-state index in [9.17, 15) is 38.4 Å². The van der Waals surface area contributed by atoms with Gasteiger partial charge < -0.3 is 155 Å². The second-order valence-electron chi connectivity index (χ2n) is 32.6. The number of aryl methyl sites for hydroxylation is 9. The first-order chi connectivity index (χ1) is 69.0. The number of benzene rings is 2. The van der Waals surface area contributed by atoms with Crippen molar-refractivity contribution in [1.82, 2.24) is 78.7 Å². The van der Waals surface area contributed by atoms with Gasteiger partial charge in [-0.25, -0.2) is 19.9 Å². The monoisotopic (exact) mass is 2010 g/mol. The Morgan fingerprint density at radius 3 is 1.27 bits per heavy atom. The van der Waals surface area contributed by atoms with Gasteiger partial charge in [0.2, 0.25) is 29.4 Å². The molecule has 2 aromatic carbocycles. The zero-order chi connectivity index (χ0) is 101. The predicted molar refractivity (Wildman–Crippen MR) is 521 cm³/mol. The number of hydrogen-bond donors (Lipinski definition) is 8. The summed E-state index contributed by atoms with van der Waals surface area (Å²) in [5.41, 5.74) is 7.13. The van der Waals surface area contributed by atoms with Gasteiger partial charge in [-0.15, -0.1) is 0 Å². The van der Waals surface area contributed by atoms with Crippen molar-refractivity contribution in [3.8, 4) is 16.9 Å². The standard InChI is InChI=1S/C95H137ClN20O26/c1-68(115-24-27-126-28-25-115)63-116-77-12-11-72(87-69(2)109-142-70(87)3)60-76(77)104-83(116)14-10-71-9-13-80(75(96)59-71)141-58-57-140-56-55-139-54-53-138-52-51-137-50-49-136-48-47-135-46-45-134-44-43-133-42-41-132-40-39-131-38-37-130-36-35-129-34-33-128-32-31-127-30-29-125-26-22-97-84(117)15-18-101-93(122)89-107-81(66-113(89)7)105-85(118)16-19-100-92(121)79-62-74(65-112(79)6)103-95(124)90-108-82(67-114(90)8)106-86(119)17-20-99-91(120)78-61-73(64-111(78)5)102-94(123)88-98-21-23-110(88)4/h9,11-13,21,23,59-62,64-68H,10,14-20,22,24-58,63H2,1-8H3,(H,97,117)(H,99,120)(H,100,121)(H,101,122)(H,102,123)(H,103,124)(H,105,118)(H,106,119)/t68-/m0/s1. The normalized spacial score (nSPS) is 12.5. The Balaban J connectivity index is 0.415. The van der Waals surface area contributed by atoms with Gasteiger partial charge in [0.15, 0.2) is 17.5 Å². The third-order valence-corrected chi connectivity index (χ3v) is 22.1. The van der Waals surface area contributed by atoms with E-state index in [4.69, 9.17) is 102 Å². The number of nitrogens with one attached hydrogen (secondary N) is 8. The summed E-state index contributed by atoms with van der Waals surface area (Å²) in [5, 5.41) is 26.1. The van der Waals surface area contributed by atoms with Crippen LogP contribution in [0.3, 0.4) is 0 Å². The van der Waals surface area contributed by atoms with Crippen LogP contribution in [-0.4, -0.2) is 368 Å². The fraction of sp³-hybridized carbons (Fsp3) is 0.568. The van der Waals surface area contributed by atoms with Crippen molar-refractivity contribution in [3.05, 3.63) is 142 Å². The maximum absolute atomic E-state index is 13.3. The van der Waals surface area contributed by atoms with Gasteiger partial charge in [-0.05, 0) is 74.7 Å². The van der Waals surface area contributed by atoms with E-state index < -0.39 is 41.4 Å². The van der Waals surface area contributed by atoms with Crippen molar-refractivity contribution >= 4 is 92.9 Å². The summed E-state index contributed by atoms with van der Waals surface area (Å²) in [4.78, 5) is 123. The van der Waals surface area contributed by atoms with E-state index in [1.165, 1.54) is 55.2 Å². The number of carbonyl (C=O) groups excluding carboxylic acids is 8. The lowest BCUT2D eigenvalue weighted by Gasteiger charge is -2.32. The summed E-state index contributed by atoms with van der Waals surface area (Å²) in [5.74, 6) is -1.21. The quantitative estimate of drug-likeness (QED) is 0.0234. The lowest BCUT2D eigenvalue weighted by molar-refractivity contribution is -0.121. The van der Waals surface area contributed by atoms with Gasteiger partial charge in [-0.2, -0.15) is 0 Å². The van der Waals surface area contributed by atoms with Crippen molar-refractivity contribution in [3.63, 3.8) is 0 Å². The minimum absolute atomic E-state index is 0.00526. The lowest BCUT2D eigenvalue weighted by atomic mass is 10.0. The van der Waals surface area contributed by atoms with E-state index in [-0.39, 0.29) is 104 Å². The van der Waals surface area contributed by atoms with Crippen LogP contribution in [-0.2, 0) is 145 Å². The smallest absolute Gasteiger partial charge is 0.291 e. The highest BCUT2D eigenvalue weighted by Crippen LogP contribution is 2.32. The number of nitrogens with zero attached hydrogens (tertiary/aromatic N) is 12. The molecular weight excluding hydrogens is 1870 g/mol. The zero-order valence-electron chi connectivity index (χ0n) is 82.3. The summed E-state index contributed by atoms with van der Waals surface area (Å²) < 4.78 is 111. The largest absolute Gasteiger partial charge is 0.490 e. The molecule has 1 aliphatic heterocycles. The predicted octanol–water partition coefficient (Wildman–Crippen LogP) is 4.93. The molecule has 0 unspecified atom stereocenters. The van der Waals surface area contributed by atoms with E-state index in [1.807, 2.05) is 26.0 Å². The van der Waals surface area contributed by atoms with Crippen LogP contribution in [0.5, 0.6) is 5.75 Å². The van der Waals surface area contributed by atoms with E-state index in [0.29, 0.717) is 221 Å². The lowest BCUT2D eigenvalue weighted by Crippen LogP contribution is -2.44. The van der Waals surface area contributed by atoms with Crippen LogP contribution in [0.25, 0.3) is 22.2 Å². The Morgan fingerprint density at radius 1 is 0.423 bits per heavy atom. The number of fused-ring (bicyclic) bond motifs is 1. The number of aromatic nitrogens is 11. The molecule has 9 aromatic rings. The summed E-state index contributed by atoms with van der Waals surface area (Å²) in [6.45, 7) is 23.5. The molecule has 1 atom stereocenters. The van der Waals surface area contributed by atoms with Gasteiger partial charge in [-0.3, -0.25) is 43.3 Å². The second-order valence-corrected chi connectivity index (χ2v) is 33.0. The third kappa shape index (κ3) is 40.0. The SMILES string of the molecule is Cc1noc(C)c1-c1ccc2c(c1)nc(CCc1ccc(OCCOCCOCCOCCOCCOCCOCCOCCOCCOCCOCCOCCOCCOCCOCCOCCNC(=O)CCNC(=O)c3nc(NC(=O)CCNC(=O)c4cc(NC(=O)c5nc(NC(=O)CCNC(=O)c6cc(NC(=O)c7nccn7C)cn6C)cn5C)cn4C)cn3C)c(Cl)c1)n2C[C@H](C)N1CCOCC1. The minimum Gasteiger partial charge on any atom is -0.490 e. The number of halogens is 1. The summed E-state index contributed by atoms with van der Waals surface area (Å²) in [7, 11) is 8.04. The fourth-order valence-electron chi connectivity index (χ4n) is 14.5. The molecule has 1 fully saturated rings. The van der Waals surface area contributed by atoms with Crippen molar-refractivity contribution in [2.45, 2.75) is 65.5 Å². The van der Waals surface area contributed by atoms with Crippen LogP contribution in [0.1, 0.15) is 102 Å². The van der Waals surface area contributed by atoms with Crippen LogP contribution in [0.15, 0.2) is 90.2 Å². The highest BCUT2D eigenvalue weighted by Gasteiger charge is 2.26. The van der Waals surface area contributed by atoms with Gasteiger partial charge in [0.25, 0.3) is 29.5 Å². The number of ether oxygens (including phenoxy) is 17. The first kappa shape index (κ1) is 112. The Morgan fingerprint density at radius 2 is 0.845 bits per heavy atom. The molecule has 142 heavy (non-hydrogen) atoms. The number of amides is 8. The van der Waals surface area contributed by atoms with Gasteiger partial charge >= 0.3 is 0 Å². The number of imidazole rings is 4. The number of anilines is 4. The van der Waals surface area contributed by atoms with Crippen molar-refractivity contribution in [2.24, 2.45) is 35.2 Å². The first-order valence-electron chi connectivity index (χ1n) is 47.6. The Hall–Kier alpha value is -11.5. The van der Waals surface area contributed by atoms with Crippen LogP contribution in [0.4, 0.5) is 23.0 Å². The first-order valence-corrected chi connectivity index (χ1v) is 47.9. The summed E-state index contributed by atoms with van der Waals surface area (Å²) in [6, 6.07) is 15.7. The van der Waals surface area contributed by atoms with Gasteiger partial charge in [0.05, 0.1) is 245 Å². The molecular formula is C95H137ClN20O26. The van der Waals surface area contributed by atoms with E-state index in [2.05, 4.69) is 103 Å². The fourth-order valence-corrected chi connectivity index (χ4v) is 14.8. The summed E-state index contributed by atoms with van der Waals surface area (Å²) in [6.07, 6.45) is 10.3. The molecule has 47 heteroatoms. The van der Waals surface area contributed by atoms with Crippen LogP contribution in [0, 0.1) is 13.8 Å².